The largest absolute Gasteiger partial charge is 0.487 e. The molecule has 0 heterocycles. The number of rotatable bonds is 4. The fourth-order valence-corrected chi connectivity index (χ4v) is 1.38. The highest BCUT2D eigenvalue weighted by molar-refractivity contribution is 7.80. The van der Waals surface area contributed by atoms with Gasteiger partial charge in [0.15, 0.2) is 0 Å². The standard InChI is InChI=1S/C8H9N3O2S.C6H6.CH3NOS/c12-5-9-11-7-3-1-6(2-4-7)10-8(13)14;1-2-4-6-5-3-1;2-1(3)4/h1-5,11H,(H,9,12)(H2,10,13,14);1-6H;(H3,2,3,4). The Hall–Kier alpha value is -2.91. The van der Waals surface area contributed by atoms with Crippen molar-refractivity contribution in [1.82, 2.24) is 5.43 Å². The summed E-state index contributed by atoms with van der Waals surface area (Å²) in [6.07, 6.45) is 0.537. The minimum absolute atomic E-state index is 0.281. The van der Waals surface area contributed by atoms with Gasteiger partial charge in [0.05, 0.1) is 5.69 Å². The van der Waals surface area contributed by atoms with Crippen molar-refractivity contribution in [2.24, 2.45) is 5.73 Å². The van der Waals surface area contributed by atoms with Gasteiger partial charge in [-0.1, -0.05) is 36.4 Å². The molecule has 0 fully saturated rings. The molecule has 0 radical (unpaired) electrons. The first-order valence-electron chi connectivity index (χ1n) is 6.49. The van der Waals surface area contributed by atoms with Crippen LogP contribution in [0.25, 0.3) is 0 Å². The molecule has 24 heavy (non-hydrogen) atoms. The lowest BCUT2D eigenvalue weighted by atomic mass is 10.3. The van der Waals surface area contributed by atoms with Crippen molar-refractivity contribution < 1.29 is 15.0 Å². The van der Waals surface area contributed by atoms with E-state index in [1.54, 1.807) is 24.3 Å². The molecule has 2 aromatic rings. The molecule has 0 atom stereocenters. The summed E-state index contributed by atoms with van der Waals surface area (Å²) >= 11 is 8.32. The zero-order valence-electron chi connectivity index (χ0n) is 12.5. The summed E-state index contributed by atoms with van der Waals surface area (Å²) in [5.41, 5.74) is 10.7. The van der Waals surface area contributed by atoms with E-state index in [9.17, 15) is 4.79 Å². The minimum Gasteiger partial charge on any atom is -0.487 e. The summed E-state index contributed by atoms with van der Waals surface area (Å²) in [6.45, 7) is 0. The molecule has 128 valence electrons. The zero-order chi connectivity index (χ0) is 18.2. The van der Waals surface area contributed by atoms with Crippen molar-refractivity contribution in [3.63, 3.8) is 0 Å². The van der Waals surface area contributed by atoms with Gasteiger partial charge in [0, 0.05) is 5.69 Å². The van der Waals surface area contributed by atoms with Gasteiger partial charge >= 0.3 is 0 Å². The van der Waals surface area contributed by atoms with Gasteiger partial charge in [-0.3, -0.25) is 15.6 Å². The number of anilines is 2. The van der Waals surface area contributed by atoms with Crippen molar-refractivity contribution in [3.8, 4) is 0 Å². The van der Waals surface area contributed by atoms with Crippen LogP contribution in [0.2, 0.25) is 0 Å². The van der Waals surface area contributed by atoms with Gasteiger partial charge in [0.25, 0.3) is 10.3 Å². The lowest BCUT2D eigenvalue weighted by Gasteiger charge is -2.05. The maximum absolute atomic E-state index is 9.95. The molecule has 0 saturated carbocycles. The number of benzene rings is 2. The summed E-state index contributed by atoms with van der Waals surface area (Å²) in [5.74, 6) is 0. The van der Waals surface area contributed by atoms with Gasteiger partial charge in [-0.15, -0.1) is 0 Å². The molecule has 2 rings (SSSR count). The lowest BCUT2D eigenvalue weighted by molar-refractivity contribution is -0.109. The Kier molecular flexibility index (Phi) is 12.1. The smallest absolute Gasteiger partial charge is 0.258 e. The van der Waals surface area contributed by atoms with Crippen LogP contribution in [-0.4, -0.2) is 27.0 Å². The number of nitrogens with one attached hydrogen (secondary N) is 3. The number of nitrogens with two attached hydrogens (primary N) is 1. The van der Waals surface area contributed by atoms with Crippen LogP contribution in [0.15, 0.2) is 60.7 Å². The zero-order valence-corrected chi connectivity index (χ0v) is 14.2. The number of aliphatic hydroxyl groups is 2. The highest BCUT2D eigenvalue weighted by Gasteiger charge is 1.94. The fourth-order valence-electron chi connectivity index (χ4n) is 1.26. The Balaban J connectivity index is 0.000000433. The summed E-state index contributed by atoms with van der Waals surface area (Å²) < 4.78 is 0. The molecule has 0 aromatic heterocycles. The SMILES string of the molecule is NC(O)=S.O=CNNc1ccc(NC(O)=S)cc1.c1ccccc1. The van der Waals surface area contributed by atoms with E-state index >= 15 is 0 Å². The predicted molar refractivity (Wildman–Crippen MR) is 104 cm³/mol. The van der Waals surface area contributed by atoms with Gasteiger partial charge in [0.1, 0.15) is 0 Å². The topological polar surface area (TPSA) is 120 Å². The second kappa shape index (κ2) is 13.7. The van der Waals surface area contributed by atoms with Crippen molar-refractivity contribution in [1.29, 1.82) is 0 Å². The number of hydrazine groups is 1. The number of carbonyl (C=O) groups excluding carboxylic acids is 1. The summed E-state index contributed by atoms with van der Waals surface area (Å²) in [4.78, 5) is 9.95. The van der Waals surface area contributed by atoms with Gasteiger partial charge in [-0.05, 0) is 48.7 Å². The van der Waals surface area contributed by atoms with Crippen LogP contribution in [0.1, 0.15) is 0 Å². The minimum atomic E-state index is -0.500. The first kappa shape index (κ1) is 21.1. The highest BCUT2D eigenvalue weighted by Crippen LogP contribution is 2.12. The third-order valence-electron chi connectivity index (χ3n) is 2.08. The van der Waals surface area contributed by atoms with Crippen molar-refractivity contribution in [2.45, 2.75) is 0 Å². The molecular weight excluding hydrogens is 348 g/mol. The molecule has 0 unspecified atom stereocenters. The third-order valence-corrected chi connectivity index (χ3v) is 2.18. The molecule has 7 N–H and O–H groups in total. The second-order valence-corrected chi connectivity index (χ2v) is 4.69. The fraction of sp³-hybridized carbons (Fsp3) is 0. The Bertz CT molecular complexity index is 579. The average Bonchev–Trinajstić information content (AvgIpc) is 2.55. The summed E-state index contributed by atoms with van der Waals surface area (Å²) in [5, 5.41) is 18.1. The Morgan fingerprint density at radius 1 is 0.917 bits per heavy atom. The van der Waals surface area contributed by atoms with E-state index in [4.69, 9.17) is 10.2 Å². The number of carbonyl (C=O) groups is 1. The quantitative estimate of drug-likeness (QED) is 0.277. The van der Waals surface area contributed by atoms with Crippen LogP contribution in [0.3, 0.4) is 0 Å². The normalized spacial score (nSPS) is 8.17. The maximum atomic E-state index is 9.95. The van der Waals surface area contributed by atoms with Crippen LogP contribution in [0.4, 0.5) is 11.4 Å². The first-order chi connectivity index (χ1) is 11.5. The van der Waals surface area contributed by atoms with Gasteiger partial charge in [0.2, 0.25) is 6.41 Å². The summed E-state index contributed by atoms with van der Waals surface area (Å²) in [6, 6.07) is 18.9. The maximum Gasteiger partial charge on any atom is 0.258 e. The molecule has 7 nitrogen and oxygen atoms in total. The molecule has 0 aliphatic heterocycles. The van der Waals surface area contributed by atoms with Gasteiger partial charge < -0.3 is 21.3 Å². The second-order valence-electron chi connectivity index (χ2n) is 3.89. The number of hydrogen-bond donors (Lipinski definition) is 6. The number of aliphatic hydroxyl groups excluding tert-OH is 2. The van der Waals surface area contributed by atoms with Crippen molar-refractivity contribution in [2.75, 3.05) is 10.7 Å². The lowest BCUT2D eigenvalue weighted by Crippen LogP contribution is -2.18. The van der Waals surface area contributed by atoms with Gasteiger partial charge in [-0.2, -0.15) is 0 Å². The predicted octanol–water partition coefficient (Wildman–Crippen LogP) is 2.49. The molecule has 0 bridgehead atoms. The molecule has 9 heteroatoms. The number of thiocarbonyl (C=S) groups is 2. The third kappa shape index (κ3) is 14.0. The van der Waals surface area contributed by atoms with Crippen molar-refractivity contribution >= 4 is 52.6 Å². The molecule has 0 aliphatic rings. The van der Waals surface area contributed by atoms with Crippen LogP contribution in [0.5, 0.6) is 0 Å². The van der Waals surface area contributed by atoms with Gasteiger partial charge in [-0.25, -0.2) is 0 Å². The van der Waals surface area contributed by atoms with Crippen LogP contribution in [-0.2, 0) is 4.79 Å². The van der Waals surface area contributed by atoms with Crippen molar-refractivity contribution in [3.05, 3.63) is 60.7 Å². The molecular formula is C15H18N4O3S2. The van der Waals surface area contributed by atoms with E-state index in [-0.39, 0.29) is 5.17 Å². The van der Waals surface area contributed by atoms with Crippen LogP contribution in [0, 0.1) is 0 Å². The van der Waals surface area contributed by atoms with Crippen LogP contribution >= 0.6 is 24.4 Å². The highest BCUT2D eigenvalue weighted by atomic mass is 32.1. The Morgan fingerprint density at radius 3 is 1.62 bits per heavy atom. The Labute approximate surface area is 150 Å². The molecule has 0 aliphatic carbocycles. The van der Waals surface area contributed by atoms with E-state index in [2.05, 4.69) is 46.3 Å². The van der Waals surface area contributed by atoms with Crippen LogP contribution < -0.4 is 21.9 Å². The molecule has 0 saturated heterocycles. The number of amides is 1. The summed E-state index contributed by atoms with van der Waals surface area (Å²) in [7, 11) is 0. The van der Waals surface area contributed by atoms with E-state index in [0.29, 0.717) is 12.1 Å². The number of hydrogen-bond acceptors (Lipinski definition) is 4. The van der Waals surface area contributed by atoms with E-state index in [0.717, 1.165) is 5.69 Å². The first-order valence-corrected chi connectivity index (χ1v) is 7.31. The van der Waals surface area contributed by atoms with E-state index in [1.807, 2.05) is 36.4 Å². The van der Waals surface area contributed by atoms with E-state index in [1.165, 1.54) is 0 Å². The average molecular weight is 366 g/mol. The molecule has 1 amide bonds. The monoisotopic (exact) mass is 366 g/mol. The molecule has 2 aromatic carbocycles. The van der Waals surface area contributed by atoms with E-state index < -0.39 is 5.17 Å². The molecule has 0 spiro atoms. The Morgan fingerprint density at radius 2 is 1.29 bits per heavy atom.